The van der Waals surface area contributed by atoms with Crippen LogP contribution in [-0.4, -0.2) is 30.3 Å². The van der Waals surface area contributed by atoms with Crippen molar-refractivity contribution in [3.8, 4) is 5.75 Å². The summed E-state index contributed by atoms with van der Waals surface area (Å²) in [6.07, 6.45) is 5.24. The predicted molar refractivity (Wildman–Crippen MR) is 145 cm³/mol. The number of fused-ring (bicyclic) bond motifs is 1. The zero-order valence-corrected chi connectivity index (χ0v) is 22.0. The van der Waals surface area contributed by atoms with Gasteiger partial charge in [-0.05, 0) is 81.3 Å². The minimum Gasteiger partial charge on any atom is -0.496 e. The van der Waals surface area contributed by atoms with Crippen molar-refractivity contribution in [2.75, 3.05) is 18.6 Å². The second kappa shape index (κ2) is 9.51. The molecule has 7 heteroatoms. The molecule has 0 unspecified atom stereocenters. The number of carbonyl (C=O) groups is 1. The molecule has 1 amide bonds. The second-order valence-electron chi connectivity index (χ2n) is 9.11. The number of amides is 1. The number of hydrogen-bond acceptors (Lipinski definition) is 5. The number of amidine groups is 1. The van der Waals surface area contributed by atoms with E-state index in [1.807, 2.05) is 31.2 Å². The van der Waals surface area contributed by atoms with Crippen LogP contribution in [-0.2, 0) is 4.79 Å². The average Bonchev–Trinajstić information content (AvgIpc) is 3.12. The van der Waals surface area contributed by atoms with E-state index in [1.54, 1.807) is 7.11 Å². The molecule has 2 aliphatic heterocycles. The molecule has 1 N–H and O–H groups in total. The Hall–Kier alpha value is -2.70. The monoisotopic (exact) mass is 495 g/mol. The zero-order chi connectivity index (χ0) is 24.6. The lowest BCUT2D eigenvalue weighted by atomic mass is 9.87. The summed E-state index contributed by atoms with van der Waals surface area (Å²) in [5.74, 6) is 0.562. The maximum absolute atomic E-state index is 12.7. The number of methoxy groups -OCH3 is 1. The Bertz CT molecular complexity index is 1250. The molecule has 1 fully saturated rings. The predicted octanol–water partition coefficient (Wildman–Crippen LogP) is 6.96. The summed E-state index contributed by atoms with van der Waals surface area (Å²) >= 11 is 7.53. The van der Waals surface area contributed by atoms with E-state index >= 15 is 0 Å². The Labute approximate surface area is 210 Å². The molecule has 0 saturated carbocycles. The van der Waals surface area contributed by atoms with Crippen LogP contribution in [0.4, 0.5) is 11.4 Å². The first-order valence-electron chi connectivity index (χ1n) is 11.4. The number of aliphatic imine (C=N–C) groups is 1. The number of anilines is 1. The number of carbonyl (C=O) groups excluding carboxylic acids is 1. The third-order valence-corrected chi connectivity index (χ3v) is 7.49. The van der Waals surface area contributed by atoms with Gasteiger partial charge in [-0.15, -0.1) is 0 Å². The first kappa shape index (κ1) is 24.4. The molecule has 2 heterocycles. The lowest BCUT2D eigenvalue weighted by Gasteiger charge is -2.43. The summed E-state index contributed by atoms with van der Waals surface area (Å²) in [6.45, 7) is 11.7. The number of benzene rings is 2. The van der Waals surface area contributed by atoms with Crippen molar-refractivity contribution >= 4 is 57.5 Å². The van der Waals surface area contributed by atoms with Gasteiger partial charge in [0.15, 0.2) is 5.17 Å². The molecule has 2 aromatic carbocycles. The van der Waals surface area contributed by atoms with Crippen molar-refractivity contribution in [1.29, 1.82) is 0 Å². The Morgan fingerprint density at radius 2 is 2.03 bits per heavy atom. The molecule has 0 aromatic heterocycles. The minimum atomic E-state index is -0.177. The SMILES string of the molecule is CCCN1c2cc(OC)c(/C=C3/SC(=Nc4cccc(Cl)c4C)NC3=O)cc2C(C)=CC1(C)C. The number of hydrogen-bond donors (Lipinski definition) is 1. The fraction of sp³-hybridized carbons (Fsp3) is 0.333. The number of nitrogens with one attached hydrogen (secondary N) is 1. The number of rotatable bonds is 5. The number of ether oxygens (including phenoxy) is 1. The Morgan fingerprint density at radius 1 is 1.26 bits per heavy atom. The van der Waals surface area contributed by atoms with Crippen molar-refractivity contribution in [2.45, 2.75) is 46.6 Å². The van der Waals surface area contributed by atoms with Crippen LogP contribution in [0.5, 0.6) is 5.75 Å². The summed E-state index contributed by atoms with van der Waals surface area (Å²) in [7, 11) is 1.67. The third-order valence-electron chi connectivity index (χ3n) is 6.17. The van der Waals surface area contributed by atoms with Gasteiger partial charge < -0.3 is 15.0 Å². The van der Waals surface area contributed by atoms with E-state index in [0.29, 0.717) is 15.1 Å². The molecular formula is C27H30ClN3O2S. The molecule has 2 aliphatic rings. The molecule has 0 radical (unpaired) electrons. The van der Waals surface area contributed by atoms with Gasteiger partial charge >= 0.3 is 0 Å². The van der Waals surface area contributed by atoms with Crippen molar-refractivity contribution in [1.82, 2.24) is 5.32 Å². The lowest BCUT2D eigenvalue weighted by molar-refractivity contribution is -0.115. The van der Waals surface area contributed by atoms with Gasteiger partial charge in [0, 0.05) is 34.4 Å². The average molecular weight is 496 g/mol. The standard InChI is InChI=1S/C27H30ClN3O2S/c1-7-11-31-22-14-23(33-6)18(12-19(22)16(2)15-27(31,4)5)13-24-25(32)30-26(34-24)29-21-10-8-9-20(28)17(21)3/h8-10,12-15H,7,11H2,1-6H3,(H,29,30,32)/b24-13+. The summed E-state index contributed by atoms with van der Waals surface area (Å²) in [5.41, 5.74) is 5.94. The van der Waals surface area contributed by atoms with Crippen LogP contribution in [0, 0.1) is 6.92 Å². The van der Waals surface area contributed by atoms with E-state index in [9.17, 15) is 4.79 Å². The summed E-state index contributed by atoms with van der Waals surface area (Å²) in [5, 5.41) is 4.05. The number of allylic oxidation sites excluding steroid dienone is 1. The highest BCUT2D eigenvalue weighted by Crippen LogP contribution is 2.43. The van der Waals surface area contributed by atoms with Crippen molar-refractivity contribution < 1.29 is 9.53 Å². The van der Waals surface area contributed by atoms with Crippen LogP contribution >= 0.6 is 23.4 Å². The molecule has 178 valence electrons. The number of halogens is 1. The first-order chi connectivity index (χ1) is 16.1. The van der Waals surface area contributed by atoms with Gasteiger partial charge in [-0.25, -0.2) is 4.99 Å². The van der Waals surface area contributed by atoms with Crippen molar-refractivity contribution in [2.24, 2.45) is 4.99 Å². The normalized spacial score (nSPS) is 19.3. The largest absolute Gasteiger partial charge is 0.496 e. The minimum absolute atomic E-state index is 0.0803. The maximum atomic E-state index is 12.7. The fourth-order valence-electron chi connectivity index (χ4n) is 4.49. The van der Waals surface area contributed by atoms with Crippen LogP contribution in [0.15, 0.2) is 46.3 Å². The highest BCUT2D eigenvalue weighted by molar-refractivity contribution is 8.18. The van der Waals surface area contributed by atoms with Gasteiger partial charge in [0.2, 0.25) is 0 Å². The van der Waals surface area contributed by atoms with E-state index < -0.39 is 0 Å². The van der Waals surface area contributed by atoms with Gasteiger partial charge in [-0.3, -0.25) is 4.79 Å². The van der Waals surface area contributed by atoms with Gasteiger partial charge in [0.05, 0.1) is 23.2 Å². The molecule has 0 atom stereocenters. The fourth-order valence-corrected chi connectivity index (χ4v) is 5.49. The van der Waals surface area contributed by atoms with Crippen LogP contribution in [0.3, 0.4) is 0 Å². The molecule has 1 saturated heterocycles. The Balaban J connectivity index is 1.72. The highest BCUT2D eigenvalue weighted by Gasteiger charge is 2.32. The van der Waals surface area contributed by atoms with Crippen LogP contribution in [0.2, 0.25) is 5.02 Å². The molecule has 34 heavy (non-hydrogen) atoms. The smallest absolute Gasteiger partial charge is 0.264 e. The van der Waals surface area contributed by atoms with Crippen LogP contribution < -0.4 is 15.0 Å². The topological polar surface area (TPSA) is 53.9 Å². The molecular weight excluding hydrogens is 466 g/mol. The molecule has 0 spiro atoms. The first-order valence-corrected chi connectivity index (χ1v) is 12.6. The van der Waals surface area contributed by atoms with Crippen molar-refractivity contribution in [3.05, 3.63) is 63.0 Å². The van der Waals surface area contributed by atoms with Crippen molar-refractivity contribution in [3.63, 3.8) is 0 Å². The zero-order valence-electron chi connectivity index (χ0n) is 20.5. The maximum Gasteiger partial charge on any atom is 0.264 e. The molecule has 0 aliphatic carbocycles. The molecule has 0 bridgehead atoms. The van der Waals surface area contributed by atoms with E-state index in [0.717, 1.165) is 46.8 Å². The quantitative estimate of drug-likeness (QED) is 0.455. The van der Waals surface area contributed by atoms with E-state index in [1.165, 1.54) is 17.3 Å². The van der Waals surface area contributed by atoms with Gasteiger partial charge in [-0.2, -0.15) is 0 Å². The Kier molecular flexibility index (Phi) is 6.83. The van der Waals surface area contributed by atoms with E-state index in [4.69, 9.17) is 16.3 Å². The number of thioether (sulfide) groups is 1. The molecule has 4 rings (SSSR count). The summed E-state index contributed by atoms with van der Waals surface area (Å²) in [4.78, 5) is 20.3. The van der Waals surface area contributed by atoms with Gasteiger partial charge in [0.25, 0.3) is 5.91 Å². The van der Waals surface area contributed by atoms with Gasteiger partial charge in [0.1, 0.15) is 5.75 Å². The summed E-state index contributed by atoms with van der Waals surface area (Å²) in [6, 6.07) is 9.78. The molecule has 2 aromatic rings. The van der Waals surface area contributed by atoms with E-state index in [2.05, 4.69) is 61.1 Å². The van der Waals surface area contributed by atoms with Gasteiger partial charge in [-0.1, -0.05) is 30.7 Å². The Morgan fingerprint density at radius 3 is 2.74 bits per heavy atom. The van der Waals surface area contributed by atoms with E-state index in [-0.39, 0.29) is 11.4 Å². The number of nitrogens with zero attached hydrogens (tertiary/aromatic N) is 2. The second-order valence-corrected chi connectivity index (χ2v) is 10.5. The highest BCUT2D eigenvalue weighted by atomic mass is 35.5. The lowest BCUT2D eigenvalue weighted by Crippen LogP contribution is -2.45. The summed E-state index contributed by atoms with van der Waals surface area (Å²) < 4.78 is 5.76. The molecule has 5 nitrogen and oxygen atoms in total. The third kappa shape index (κ3) is 4.62. The van der Waals surface area contributed by atoms with Crippen LogP contribution in [0.25, 0.3) is 11.6 Å². The van der Waals surface area contributed by atoms with Crippen LogP contribution in [0.1, 0.15) is 50.8 Å².